The number of aromatic amines is 1. The maximum absolute atomic E-state index is 12.7. The van der Waals surface area contributed by atoms with Gasteiger partial charge in [-0.3, -0.25) is 28.7 Å². The lowest BCUT2D eigenvalue weighted by atomic mass is 9.99. The fourth-order valence-corrected chi connectivity index (χ4v) is 9.40. The van der Waals surface area contributed by atoms with Gasteiger partial charge in [0.1, 0.15) is 13.2 Å². The zero-order valence-electron chi connectivity index (χ0n) is 36.9. The molecular weight excluding hydrogens is 918 g/mol. The normalized spacial score (nSPS) is 16.4. The van der Waals surface area contributed by atoms with Gasteiger partial charge in [-0.1, -0.05) is 35.4 Å². The Morgan fingerprint density at radius 3 is 2.27 bits per heavy atom. The Morgan fingerprint density at radius 1 is 0.924 bits per heavy atom. The van der Waals surface area contributed by atoms with E-state index in [1.165, 1.54) is 11.0 Å². The molecule has 2 aromatic heterocycles. The molecule has 0 spiro atoms. The summed E-state index contributed by atoms with van der Waals surface area (Å²) in [7, 11) is 0. The van der Waals surface area contributed by atoms with Crippen molar-refractivity contribution in [3.8, 4) is 11.3 Å². The van der Waals surface area contributed by atoms with Gasteiger partial charge in [0.05, 0.1) is 86.0 Å². The Hall–Kier alpha value is -4.51. The number of ether oxygens (including phenoxy) is 4. The van der Waals surface area contributed by atoms with Crippen LogP contribution in [0.3, 0.4) is 0 Å². The van der Waals surface area contributed by atoms with E-state index in [1.807, 2.05) is 17.2 Å². The first-order valence-electron chi connectivity index (χ1n) is 22.1. The molecule has 0 radical (unpaired) electrons. The second-order valence-corrected chi connectivity index (χ2v) is 17.7. The quantitative estimate of drug-likeness (QED) is 0.0574. The number of carbonyl (C=O) groups excluding carboxylic acids is 5. The molecule has 1 fully saturated rings. The van der Waals surface area contributed by atoms with Crippen LogP contribution in [0.5, 0.6) is 0 Å². The zero-order valence-corrected chi connectivity index (χ0v) is 39.2. The molecule has 22 heteroatoms. The number of aliphatic hydroxyl groups excluding tert-OH is 1. The number of aromatic nitrogens is 3. The van der Waals surface area contributed by atoms with Crippen LogP contribution < -0.4 is 16.4 Å². The predicted molar refractivity (Wildman–Crippen MR) is 249 cm³/mol. The molecule has 1 saturated heterocycles. The standard InChI is InChI=1S/C44H59Cl2N9O10S/c45-33-26-31(42-32-27-52(40(61)29-56)13-6-34(32)50-44(42)43(33)46)35-7-14-54(51-35)15-12-49-37(58)9-19-63-21-23-65-25-24-64-22-20-62-18-8-36(57)48-11-5-30-3-4-41(66-30)55-17-16-53(28-39(55)60)38(59)2-1-10-47/h1-3,7,14,26,41,50,56H,4-6,8-13,15-25,27-29,47H2,(H,48,57)(H,49,58)/b2-1+. The molecule has 360 valence electrons. The number of benzene rings is 1. The van der Waals surface area contributed by atoms with E-state index in [9.17, 15) is 29.1 Å². The number of fused-ring (bicyclic) bond motifs is 3. The minimum absolute atomic E-state index is 0.0106. The Balaban J connectivity index is 0.730. The molecule has 1 atom stereocenters. The topological polar surface area (TPSA) is 236 Å². The molecule has 1 aromatic carbocycles. The van der Waals surface area contributed by atoms with Crippen LogP contribution in [0.4, 0.5) is 0 Å². The Labute approximate surface area is 397 Å². The van der Waals surface area contributed by atoms with Gasteiger partial charge in [-0.2, -0.15) is 5.10 Å². The van der Waals surface area contributed by atoms with Crippen LogP contribution in [-0.4, -0.2) is 175 Å². The third-order valence-corrected chi connectivity index (χ3v) is 13.3. The van der Waals surface area contributed by atoms with Gasteiger partial charge < -0.3 is 60.1 Å². The number of amides is 5. The number of halogens is 2. The summed E-state index contributed by atoms with van der Waals surface area (Å²) in [6.45, 7) is 5.61. The van der Waals surface area contributed by atoms with Crippen LogP contribution in [0.2, 0.25) is 10.0 Å². The van der Waals surface area contributed by atoms with Crippen LogP contribution in [0, 0.1) is 0 Å². The van der Waals surface area contributed by atoms with Crippen LogP contribution in [-0.2, 0) is 62.4 Å². The van der Waals surface area contributed by atoms with Gasteiger partial charge >= 0.3 is 0 Å². The van der Waals surface area contributed by atoms with E-state index in [1.54, 1.807) is 33.5 Å². The second kappa shape index (κ2) is 26.1. The van der Waals surface area contributed by atoms with E-state index in [2.05, 4.69) is 21.7 Å². The molecule has 19 nitrogen and oxygen atoms in total. The summed E-state index contributed by atoms with van der Waals surface area (Å²) in [5.74, 6) is -0.842. The molecule has 0 aliphatic carbocycles. The van der Waals surface area contributed by atoms with E-state index in [4.69, 9.17) is 53.0 Å². The Bertz CT molecular complexity index is 2220. The Morgan fingerprint density at radius 2 is 1.61 bits per heavy atom. The summed E-state index contributed by atoms with van der Waals surface area (Å²) < 4.78 is 23.8. The zero-order chi connectivity index (χ0) is 46.8. The van der Waals surface area contributed by atoms with Gasteiger partial charge in [-0.15, -0.1) is 11.8 Å². The monoisotopic (exact) mass is 975 g/mol. The molecule has 3 aromatic rings. The van der Waals surface area contributed by atoms with Crippen molar-refractivity contribution in [1.82, 2.24) is 40.1 Å². The number of piperazine rings is 1. The minimum atomic E-state index is -0.553. The number of carbonyl (C=O) groups is 5. The molecule has 3 aliphatic rings. The van der Waals surface area contributed by atoms with Crippen LogP contribution >= 0.6 is 35.0 Å². The van der Waals surface area contributed by atoms with Gasteiger partial charge in [0.15, 0.2) is 0 Å². The lowest BCUT2D eigenvalue weighted by molar-refractivity contribution is -0.143. The average molecular weight is 977 g/mol. The van der Waals surface area contributed by atoms with E-state index < -0.39 is 6.61 Å². The molecule has 3 aliphatic heterocycles. The average Bonchev–Trinajstić information content (AvgIpc) is 4.08. The van der Waals surface area contributed by atoms with Crippen LogP contribution in [0.25, 0.3) is 22.2 Å². The lowest BCUT2D eigenvalue weighted by Gasteiger charge is -2.37. The number of rotatable bonds is 26. The van der Waals surface area contributed by atoms with Crippen molar-refractivity contribution in [3.05, 3.63) is 62.8 Å². The third kappa shape index (κ3) is 14.5. The molecule has 1 unspecified atom stereocenters. The third-order valence-electron chi connectivity index (χ3n) is 11.1. The van der Waals surface area contributed by atoms with Gasteiger partial charge in [0, 0.05) is 99.6 Å². The predicted octanol–water partition coefficient (Wildman–Crippen LogP) is 2.22. The first-order chi connectivity index (χ1) is 32.1. The fourth-order valence-electron chi connectivity index (χ4n) is 7.70. The highest BCUT2D eigenvalue weighted by atomic mass is 35.5. The number of hydrogen-bond donors (Lipinski definition) is 5. The van der Waals surface area contributed by atoms with Crippen molar-refractivity contribution in [2.45, 2.75) is 50.6 Å². The molecule has 6 rings (SSSR count). The number of H-pyrrole nitrogens is 1. The van der Waals surface area contributed by atoms with Crippen molar-refractivity contribution in [2.75, 3.05) is 105 Å². The van der Waals surface area contributed by atoms with E-state index in [0.29, 0.717) is 120 Å². The summed E-state index contributed by atoms with van der Waals surface area (Å²) in [5, 5.41) is 21.6. The molecule has 0 bridgehead atoms. The maximum atomic E-state index is 12.7. The molecule has 66 heavy (non-hydrogen) atoms. The highest BCUT2D eigenvalue weighted by Crippen LogP contribution is 2.42. The van der Waals surface area contributed by atoms with Gasteiger partial charge in [-0.05, 0) is 29.9 Å². The summed E-state index contributed by atoms with van der Waals surface area (Å²) in [6, 6.07) is 3.64. The minimum Gasteiger partial charge on any atom is -0.387 e. The summed E-state index contributed by atoms with van der Waals surface area (Å²) in [5.41, 5.74) is 9.42. The fraction of sp³-hybridized carbons (Fsp3) is 0.545. The van der Waals surface area contributed by atoms with Crippen LogP contribution in [0.1, 0.15) is 36.9 Å². The smallest absolute Gasteiger partial charge is 0.248 e. The second-order valence-electron chi connectivity index (χ2n) is 15.6. The van der Waals surface area contributed by atoms with E-state index in [-0.39, 0.29) is 74.1 Å². The molecule has 5 amide bonds. The lowest BCUT2D eigenvalue weighted by Crippen LogP contribution is -2.54. The first-order valence-corrected chi connectivity index (χ1v) is 23.8. The highest BCUT2D eigenvalue weighted by Gasteiger charge is 2.33. The molecular formula is C44H59Cl2N9O10S. The largest absolute Gasteiger partial charge is 0.387 e. The molecule has 0 saturated carbocycles. The van der Waals surface area contributed by atoms with Gasteiger partial charge in [0.25, 0.3) is 0 Å². The SMILES string of the molecule is NC/C=C/C(=O)N1CCN(C2CC=C(CCNC(=O)CCOCCOCCOCCOCCC(=O)NCCn3ccc(-c4cc(Cl)c(Cl)c5[nH]c6c(c45)CN(C(=O)CO)CC6)n3)S2)C(=O)C1. The van der Waals surface area contributed by atoms with Crippen LogP contribution in [0.15, 0.2) is 41.5 Å². The maximum Gasteiger partial charge on any atom is 0.248 e. The van der Waals surface area contributed by atoms with Crippen molar-refractivity contribution in [3.63, 3.8) is 0 Å². The number of hydrogen-bond acceptors (Lipinski definition) is 13. The molecule has 6 N–H and O–H groups in total. The number of nitrogens with one attached hydrogen (secondary N) is 3. The number of thioether (sulfide) groups is 1. The number of aliphatic hydroxyl groups is 1. The summed E-state index contributed by atoms with van der Waals surface area (Å²) in [6.07, 6.45) is 9.39. The number of nitrogens with two attached hydrogens (primary N) is 1. The van der Waals surface area contributed by atoms with E-state index >= 15 is 0 Å². The van der Waals surface area contributed by atoms with Crippen molar-refractivity contribution in [1.29, 1.82) is 0 Å². The van der Waals surface area contributed by atoms with Crippen molar-refractivity contribution >= 4 is 75.4 Å². The summed E-state index contributed by atoms with van der Waals surface area (Å²) >= 11 is 14.8. The first kappa shape index (κ1) is 50.9. The van der Waals surface area contributed by atoms with Crippen molar-refractivity contribution in [2.24, 2.45) is 5.73 Å². The highest BCUT2D eigenvalue weighted by molar-refractivity contribution is 8.03. The Kier molecular flexibility index (Phi) is 20.2. The van der Waals surface area contributed by atoms with Gasteiger partial charge in [-0.25, -0.2) is 0 Å². The summed E-state index contributed by atoms with van der Waals surface area (Å²) in [4.78, 5) is 71.3. The van der Waals surface area contributed by atoms with Crippen molar-refractivity contribution < 1.29 is 48.0 Å². The van der Waals surface area contributed by atoms with E-state index in [0.717, 1.165) is 33.5 Å². The number of nitrogens with zero attached hydrogens (tertiary/aromatic N) is 5. The van der Waals surface area contributed by atoms with Gasteiger partial charge in [0.2, 0.25) is 29.5 Å². The molecule has 5 heterocycles.